The molecule has 0 rings (SSSR count). The van der Waals surface area contributed by atoms with Crippen LogP contribution in [0.25, 0.3) is 0 Å². The predicted molar refractivity (Wildman–Crippen MR) is 87.3 cm³/mol. The van der Waals surface area contributed by atoms with Crippen LogP contribution in [0.3, 0.4) is 0 Å². The third kappa shape index (κ3) is 13.2. The Morgan fingerprint density at radius 1 is 0.714 bits per heavy atom. The third-order valence-electron chi connectivity index (χ3n) is 3.80. The summed E-state index contributed by atoms with van der Waals surface area (Å²) in [4.78, 5) is 0. The highest BCUT2D eigenvalue weighted by Crippen LogP contribution is 2.00. The first-order valence-electron chi connectivity index (χ1n) is 8.23. The molecule has 0 amide bonds. The molecule has 0 saturated heterocycles. The summed E-state index contributed by atoms with van der Waals surface area (Å²) in [6, 6.07) is 0. The SMILES string of the molecule is CCC[N+](C)(C)CCOCCOCC[N+](C)(C)CCCO. The van der Waals surface area contributed by atoms with Gasteiger partial charge in [0.05, 0.1) is 67.7 Å². The lowest BCUT2D eigenvalue weighted by Crippen LogP contribution is -2.43. The lowest BCUT2D eigenvalue weighted by Gasteiger charge is -2.29. The van der Waals surface area contributed by atoms with Crippen LogP contribution in [0.1, 0.15) is 19.8 Å². The molecule has 5 nitrogen and oxygen atoms in total. The minimum absolute atomic E-state index is 0.267. The minimum atomic E-state index is 0.267. The van der Waals surface area contributed by atoms with Gasteiger partial charge in [-0.15, -0.1) is 0 Å². The Morgan fingerprint density at radius 2 is 1.19 bits per heavy atom. The third-order valence-corrected chi connectivity index (χ3v) is 3.80. The van der Waals surface area contributed by atoms with Crippen LogP contribution in [0.15, 0.2) is 0 Å². The van der Waals surface area contributed by atoms with Crippen molar-refractivity contribution in [2.75, 3.05) is 87.4 Å². The molecule has 21 heavy (non-hydrogen) atoms. The van der Waals surface area contributed by atoms with Crippen molar-refractivity contribution in [1.29, 1.82) is 0 Å². The topological polar surface area (TPSA) is 38.7 Å². The van der Waals surface area contributed by atoms with Gasteiger partial charge in [-0.3, -0.25) is 0 Å². The fourth-order valence-corrected chi connectivity index (χ4v) is 2.27. The van der Waals surface area contributed by atoms with Crippen molar-refractivity contribution in [2.45, 2.75) is 19.8 Å². The predicted octanol–water partition coefficient (Wildman–Crippen LogP) is 0.965. The van der Waals surface area contributed by atoms with Crippen molar-refractivity contribution >= 4 is 0 Å². The molecular formula is C16H38N2O3+2. The van der Waals surface area contributed by atoms with E-state index in [1.807, 2.05) is 0 Å². The summed E-state index contributed by atoms with van der Waals surface area (Å²) in [5.74, 6) is 0. The second-order valence-electron chi connectivity index (χ2n) is 7.07. The van der Waals surface area contributed by atoms with E-state index < -0.39 is 0 Å². The largest absolute Gasteiger partial charge is 0.396 e. The maximum atomic E-state index is 8.85. The molecule has 0 spiro atoms. The number of hydrogen-bond donors (Lipinski definition) is 1. The number of aliphatic hydroxyl groups is 1. The zero-order valence-corrected chi connectivity index (χ0v) is 14.9. The van der Waals surface area contributed by atoms with Gasteiger partial charge in [-0.25, -0.2) is 0 Å². The zero-order chi connectivity index (χ0) is 16.2. The molecule has 0 aliphatic rings. The Hall–Kier alpha value is -0.200. The average Bonchev–Trinajstić information content (AvgIpc) is 2.39. The van der Waals surface area contributed by atoms with E-state index in [9.17, 15) is 0 Å². The van der Waals surface area contributed by atoms with Gasteiger partial charge in [-0.1, -0.05) is 6.92 Å². The number of aliphatic hydroxyl groups excluding tert-OH is 1. The van der Waals surface area contributed by atoms with Crippen LogP contribution in [0.2, 0.25) is 0 Å². The molecule has 0 aromatic carbocycles. The quantitative estimate of drug-likeness (QED) is 0.384. The van der Waals surface area contributed by atoms with E-state index in [-0.39, 0.29) is 6.61 Å². The fourth-order valence-electron chi connectivity index (χ4n) is 2.27. The van der Waals surface area contributed by atoms with Gasteiger partial charge in [0.1, 0.15) is 13.1 Å². The molecule has 0 atom stereocenters. The smallest absolute Gasteiger partial charge is 0.102 e. The number of rotatable bonds is 14. The Balaban J connectivity index is 3.44. The summed E-state index contributed by atoms with van der Waals surface area (Å²) in [5, 5.41) is 8.85. The molecule has 0 bridgehead atoms. The van der Waals surface area contributed by atoms with Gasteiger partial charge in [0.2, 0.25) is 0 Å². The highest BCUT2D eigenvalue weighted by atomic mass is 16.5. The van der Waals surface area contributed by atoms with Gasteiger partial charge in [0, 0.05) is 13.0 Å². The first-order chi connectivity index (χ1) is 9.83. The van der Waals surface area contributed by atoms with Crippen molar-refractivity contribution in [1.82, 2.24) is 0 Å². The van der Waals surface area contributed by atoms with Crippen molar-refractivity contribution in [2.24, 2.45) is 0 Å². The average molecular weight is 306 g/mol. The van der Waals surface area contributed by atoms with Gasteiger partial charge in [0.15, 0.2) is 0 Å². The Bertz CT molecular complexity index is 246. The van der Waals surface area contributed by atoms with Crippen LogP contribution in [-0.4, -0.2) is 101 Å². The van der Waals surface area contributed by atoms with Crippen LogP contribution < -0.4 is 0 Å². The first-order valence-corrected chi connectivity index (χ1v) is 8.23. The molecular weight excluding hydrogens is 268 g/mol. The molecule has 1 N–H and O–H groups in total. The van der Waals surface area contributed by atoms with E-state index >= 15 is 0 Å². The first kappa shape index (κ1) is 20.8. The summed E-state index contributed by atoms with van der Waals surface area (Å²) >= 11 is 0. The zero-order valence-electron chi connectivity index (χ0n) is 14.9. The lowest BCUT2D eigenvalue weighted by molar-refractivity contribution is -0.891. The summed E-state index contributed by atoms with van der Waals surface area (Å²) in [6.45, 7) is 9.59. The minimum Gasteiger partial charge on any atom is -0.396 e. The van der Waals surface area contributed by atoms with Crippen LogP contribution in [0.5, 0.6) is 0 Å². The van der Waals surface area contributed by atoms with Crippen LogP contribution >= 0.6 is 0 Å². The van der Waals surface area contributed by atoms with E-state index in [0.29, 0.717) is 13.2 Å². The number of ether oxygens (including phenoxy) is 2. The molecule has 0 saturated carbocycles. The summed E-state index contributed by atoms with van der Waals surface area (Å²) in [5.41, 5.74) is 0. The van der Waals surface area contributed by atoms with Crippen molar-refractivity contribution in [3.63, 3.8) is 0 Å². The molecule has 0 fully saturated rings. The van der Waals surface area contributed by atoms with E-state index in [2.05, 4.69) is 35.1 Å². The van der Waals surface area contributed by atoms with Gasteiger partial charge in [0.25, 0.3) is 0 Å². The number of nitrogens with zero attached hydrogens (tertiary/aromatic N) is 2. The Kier molecular flexibility index (Phi) is 11.3. The fraction of sp³-hybridized carbons (Fsp3) is 1.00. The molecule has 0 aliphatic carbocycles. The number of likely N-dealkylation sites (N-methyl/N-ethyl adjacent to an activating group) is 2. The standard InChI is InChI=1S/C16H38N2O3/c1-6-8-17(2,3)10-13-20-15-16-21-14-11-18(4,5)9-7-12-19/h19H,6-16H2,1-5H3/q+2. The highest BCUT2D eigenvalue weighted by Gasteiger charge is 2.14. The molecule has 0 heterocycles. The summed E-state index contributed by atoms with van der Waals surface area (Å²) < 4.78 is 13.2. The van der Waals surface area contributed by atoms with Gasteiger partial charge < -0.3 is 23.5 Å². The molecule has 5 heteroatoms. The van der Waals surface area contributed by atoms with Crippen molar-refractivity contribution in [3.8, 4) is 0 Å². The molecule has 0 aliphatic heterocycles. The second-order valence-corrected chi connectivity index (χ2v) is 7.07. The van der Waals surface area contributed by atoms with E-state index in [4.69, 9.17) is 14.6 Å². The Morgan fingerprint density at radius 3 is 1.62 bits per heavy atom. The maximum absolute atomic E-state index is 8.85. The summed E-state index contributed by atoms with van der Waals surface area (Å²) in [7, 11) is 8.83. The second kappa shape index (κ2) is 11.4. The van der Waals surface area contributed by atoms with Crippen LogP contribution in [0, 0.1) is 0 Å². The molecule has 128 valence electrons. The molecule has 0 aromatic heterocycles. The monoisotopic (exact) mass is 306 g/mol. The molecule has 0 radical (unpaired) electrons. The summed E-state index contributed by atoms with van der Waals surface area (Å²) in [6.07, 6.45) is 2.06. The van der Waals surface area contributed by atoms with Gasteiger partial charge in [-0.2, -0.15) is 0 Å². The van der Waals surface area contributed by atoms with E-state index in [1.165, 1.54) is 13.0 Å². The van der Waals surface area contributed by atoms with Crippen molar-refractivity contribution < 1.29 is 23.5 Å². The normalized spacial score (nSPS) is 12.9. The number of hydrogen-bond acceptors (Lipinski definition) is 3. The van der Waals surface area contributed by atoms with Crippen molar-refractivity contribution in [3.05, 3.63) is 0 Å². The maximum Gasteiger partial charge on any atom is 0.102 e. The van der Waals surface area contributed by atoms with Crippen LogP contribution in [0.4, 0.5) is 0 Å². The molecule has 0 unspecified atom stereocenters. The van der Waals surface area contributed by atoms with Gasteiger partial charge in [-0.05, 0) is 6.42 Å². The van der Waals surface area contributed by atoms with E-state index in [1.54, 1.807) is 0 Å². The Labute approximate surface area is 131 Å². The highest BCUT2D eigenvalue weighted by molar-refractivity contribution is 4.39. The lowest BCUT2D eigenvalue weighted by atomic mass is 10.3. The van der Waals surface area contributed by atoms with Crippen LogP contribution in [-0.2, 0) is 9.47 Å². The van der Waals surface area contributed by atoms with E-state index in [0.717, 1.165) is 48.2 Å². The van der Waals surface area contributed by atoms with Gasteiger partial charge >= 0.3 is 0 Å². The molecule has 0 aromatic rings. The number of quaternary nitrogens is 2.